The van der Waals surface area contributed by atoms with E-state index in [4.69, 9.17) is 5.73 Å². The smallest absolute Gasteiger partial charge is 0.124 e. The molecule has 0 unspecified atom stereocenters. The van der Waals surface area contributed by atoms with E-state index in [0.717, 1.165) is 30.8 Å². The second-order valence-electron chi connectivity index (χ2n) is 4.03. The van der Waals surface area contributed by atoms with Crippen molar-refractivity contribution in [3.63, 3.8) is 0 Å². The summed E-state index contributed by atoms with van der Waals surface area (Å²) in [6.07, 6.45) is 3.95. The lowest BCUT2D eigenvalue weighted by atomic mass is 10.1. The van der Waals surface area contributed by atoms with Crippen molar-refractivity contribution >= 4 is 5.82 Å². The van der Waals surface area contributed by atoms with Gasteiger partial charge < -0.3 is 5.73 Å². The van der Waals surface area contributed by atoms with Gasteiger partial charge in [-0.2, -0.15) is 5.10 Å². The highest BCUT2D eigenvalue weighted by molar-refractivity contribution is 5.36. The molecule has 3 heteroatoms. The van der Waals surface area contributed by atoms with Crippen LogP contribution in [-0.2, 0) is 13.0 Å². The van der Waals surface area contributed by atoms with Gasteiger partial charge in [-0.05, 0) is 25.3 Å². The number of aryl methyl sites for hydroxylation is 3. The molecule has 1 aromatic heterocycles. The number of nitrogens with zero attached hydrogens (tertiary/aromatic N) is 2. The van der Waals surface area contributed by atoms with Crippen LogP contribution in [0.5, 0.6) is 0 Å². The molecule has 1 heterocycles. The van der Waals surface area contributed by atoms with Crippen LogP contribution in [0.2, 0.25) is 0 Å². The van der Waals surface area contributed by atoms with E-state index in [9.17, 15) is 0 Å². The zero-order valence-electron chi connectivity index (χ0n) is 9.56. The van der Waals surface area contributed by atoms with E-state index in [-0.39, 0.29) is 0 Å². The maximum absolute atomic E-state index is 5.88. The van der Waals surface area contributed by atoms with Crippen LogP contribution in [0.25, 0.3) is 0 Å². The average molecular weight is 215 g/mol. The molecule has 1 aromatic carbocycles. The minimum Gasteiger partial charge on any atom is -0.384 e. The van der Waals surface area contributed by atoms with Gasteiger partial charge in [0.05, 0.1) is 6.20 Å². The summed E-state index contributed by atoms with van der Waals surface area (Å²) in [4.78, 5) is 0. The topological polar surface area (TPSA) is 43.8 Å². The van der Waals surface area contributed by atoms with Crippen molar-refractivity contribution in [1.29, 1.82) is 0 Å². The highest BCUT2D eigenvalue weighted by Crippen LogP contribution is 2.10. The van der Waals surface area contributed by atoms with E-state index >= 15 is 0 Å². The molecule has 3 nitrogen and oxygen atoms in total. The van der Waals surface area contributed by atoms with Crippen molar-refractivity contribution in [1.82, 2.24) is 9.78 Å². The average Bonchev–Trinajstić information content (AvgIpc) is 2.62. The number of nitrogens with two attached hydrogens (primary N) is 1. The molecule has 0 atom stereocenters. The minimum absolute atomic E-state index is 0.785. The summed E-state index contributed by atoms with van der Waals surface area (Å²) in [5.74, 6) is 0.785. The van der Waals surface area contributed by atoms with Gasteiger partial charge >= 0.3 is 0 Å². The van der Waals surface area contributed by atoms with Crippen molar-refractivity contribution in [3.8, 4) is 0 Å². The largest absolute Gasteiger partial charge is 0.384 e. The van der Waals surface area contributed by atoms with Crippen molar-refractivity contribution in [2.75, 3.05) is 5.73 Å². The summed E-state index contributed by atoms with van der Waals surface area (Å²) >= 11 is 0. The SMILES string of the molecule is Cc1cnn(CCCc2ccccc2)c1N. The fourth-order valence-corrected chi connectivity index (χ4v) is 1.74. The van der Waals surface area contributed by atoms with Crippen molar-refractivity contribution in [2.24, 2.45) is 0 Å². The monoisotopic (exact) mass is 215 g/mol. The van der Waals surface area contributed by atoms with Crippen molar-refractivity contribution in [2.45, 2.75) is 26.3 Å². The lowest BCUT2D eigenvalue weighted by Gasteiger charge is -2.04. The fourth-order valence-electron chi connectivity index (χ4n) is 1.74. The molecule has 2 N–H and O–H groups in total. The number of aromatic nitrogens is 2. The van der Waals surface area contributed by atoms with Crippen LogP contribution < -0.4 is 5.73 Å². The van der Waals surface area contributed by atoms with Crippen LogP contribution >= 0.6 is 0 Å². The summed E-state index contributed by atoms with van der Waals surface area (Å²) in [5, 5.41) is 4.24. The predicted octanol–water partition coefficient (Wildman–Crippen LogP) is 2.41. The van der Waals surface area contributed by atoms with Crippen LogP contribution in [0.3, 0.4) is 0 Å². The molecule has 2 aromatic rings. The standard InChI is InChI=1S/C13H17N3/c1-11-10-15-16(13(11)14)9-5-8-12-6-3-2-4-7-12/h2-4,6-7,10H,5,8-9,14H2,1H3. The van der Waals surface area contributed by atoms with E-state index in [1.165, 1.54) is 5.56 Å². The van der Waals surface area contributed by atoms with Gasteiger partial charge in [0.1, 0.15) is 5.82 Å². The molecule has 0 amide bonds. The molecule has 84 valence electrons. The Morgan fingerprint density at radius 1 is 1.25 bits per heavy atom. The minimum atomic E-state index is 0.785. The highest BCUT2D eigenvalue weighted by Gasteiger charge is 2.02. The van der Waals surface area contributed by atoms with Crippen molar-refractivity contribution in [3.05, 3.63) is 47.7 Å². The second-order valence-corrected chi connectivity index (χ2v) is 4.03. The number of nitrogen functional groups attached to an aromatic ring is 1. The van der Waals surface area contributed by atoms with Crippen LogP contribution in [0.4, 0.5) is 5.82 Å². The summed E-state index contributed by atoms with van der Waals surface area (Å²) in [6, 6.07) is 10.5. The first-order valence-corrected chi connectivity index (χ1v) is 5.59. The Balaban J connectivity index is 1.87. The van der Waals surface area contributed by atoms with Gasteiger partial charge in [-0.1, -0.05) is 30.3 Å². The third kappa shape index (κ3) is 2.42. The van der Waals surface area contributed by atoms with E-state index < -0.39 is 0 Å². The molecule has 0 aliphatic heterocycles. The zero-order chi connectivity index (χ0) is 11.4. The van der Waals surface area contributed by atoms with Gasteiger partial charge in [-0.15, -0.1) is 0 Å². The number of benzene rings is 1. The molecule has 0 aliphatic carbocycles. The van der Waals surface area contributed by atoms with Gasteiger partial charge in [-0.3, -0.25) is 0 Å². The molecule has 0 spiro atoms. The lowest BCUT2D eigenvalue weighted by Crippen LogP contribution is -2.06. The fraction of sp³-hybridized carbons (Fsp3) is 0.308. The van der Waals surface area contributed by atoms with Gasteiger partial charge in [0.25, 0.3) is 0 Å². The first kappa shape index (κ1) is 10.7. The first-order chi connectivity index (χ1) is 7.77. The number of hydrogen-bond acceptors (Lipinski definition) is 2. The molecular formula is C13H17N3. The van der Waals surface area contributed by atoms with E-state index in [1.807, 2.05) is 23.9 Å². The molecule has 0 aliphatic rings. The van der Waals surface area contributed by atoms with E-state index in [2.05, 4.69) is 29.4 Å². The summed E-state index contributed by atoms with van der Waals surface area (Å²) < 4.78 is 1.87. The second kappa shape index (κ2) is 4.84. The number of anilines is 1. The summed E-state index contributed by atoms with van der Waals surface area (Å²) in [5.41, 5.74) is 8.30. The first-order valence-electron chi connectivity index (χ1n) is 5.59. The molecule has 0 radical (unpaired) electrons. The van der Waals surface area contributed by atoms with Crippen LogP contribution in [0.1, 0.15) is 17.5 Å². The predicted molar refractivity (Wildman–Crippen MR) is 66.1 cm³/mol. The van der Waals surface area contributed by atoms with Crippen molar-refractivity contribution < 1.29 is 0 Å². The van der Waals surface area contributed by atoms with Gasteiger partial charge in [0.2, 0.25) is 0 Å². The third-order valence-electron chi connectivity index (χ3n) is 2.75. The zero-order valence-corrected chi connectivity index (χ0v) is 9.56. The lowest BCUT2D eigenvalue weighted by molar-refractivity contribution is 0.586. The normalized spacial score (nSPS) is 10.6. The van der Waals surface area contributed by atoms with Gasteiger partial charge in [0.15, 0.2) is 0 Å². The number of rotatable bonds is 4. The Morgan fingerprint density at radius 2 is 2.00 bits per heavy atom. The Morgan fingerprint density at radius 3 is 2.62 bits per heavy atom. The van der Waals surface area contributed by atoms with Crippen LogP contribution in [0.15, 0.2) is 36.5 Å². The maximum atomic E-state index is 5.88. The Labute approximate surface area is 95.9 Å². The molecule has 0 saturated heterocycles. The Hall–Kier alpha value is -1.77. The molecular weight excluding hydrogens is 198 g/mol. The maximum Gasteiger partial charge on any atom is 0.124 e. The molecule has 0 fully saturated rings. The molecule has 16 heavy (non-hydrogen) atoms. The highest BCUT2D eigenvalue weighted by atomic mass is 15.3. The Bertz CT molecular complexity index is 445. The third-order valence-corrected chi connectivity index (χ3v) is 2.75. The van der Waals surface area contributed by atoms with Gasteiger partial charge in [-0.25, -0.2) is 4.68 Å². The number of hydrogen-bond donors (Lipinski definition) is 1. The summed E-state index contributed by atoms with van der Waals surface area (Å²) in [6.45, 7) is 2.87. The van der Waals surface area contributed by atoms with Crippen LogP contribution in [-0.4, -0.2) is 9.78 Å². The molecule has 0 bridgehead atoms. The van der Waals surface area contributed by atoms with E-state index in [1.54, 1.807) is 0 Å². The Kier molecular flexibility index (Phi) is 3.25. The quantitative estimate of drug-likeness (QED) is 0.851. The van der Waals surface area contributed by atoms with Gasteiger partial charge in [0, 0.05) is 12.1 Å². The summed E-state index contributed by atoms with van der Waals surface area (Å²) in [7, 11) is 0. The van der Waals surface area contributed by atoms with Crippen LogP contribution in [0, 0.1) is 6.92 Å². The van der Waals surface area contributed by atoms with E-state index in [0.29, 0.717) is 0 Å². The molecule has 2 rings (SSSR count). The molecule has 0 saturated carbocycles.